The van der Waals surface area contributed by atoms with Crippen molar-refractivity contribution in [1.29, 1.82) is 0 Å². The average molecular weight is 471 g/mol. The lowest BCUT2D eigenvalue weighted by Gasteiger charge is -2.08. The molecule has 8 heteroatoms. The summed E-state index contributed by atoms with van der Waals surface area (Å²) < 4.78 is 45.1. The number of nitrogens with zero attached hydrogens (tertiary/aromatic N) is 1. The van der Waals surface area contributed by atoms with Crippen LogP contribution < -0.4 is 5.32 Å². The minimum absolute atomic E-state index is 0.177. The zero-order valence-electron chi connectivity index (χ0n) is 17.8. The number of ether oxygens (including phenoxy) is 1. The van der Waals surface area contributed by atoms with Crippen LogP contribution in [0.5, 0.6) is 0 Å². The number of rotatable bonds is 7. The van der Waals surface area contributed by atoms with Crippen LogP contribution in [0.15, 0.2) is 66.9 Å². The number of nitrogens with one attached hydrogen (secondary N) is 1. The second-order valence-corrected chi connectivity index (χ2v) is 8.61. The minimum atomic E-state index is -4.40. The van der Waals surface area contributed by atoms with E-state index in [1.807, 2.05) is 42.5 Å². The van der Waals surface area contributed by atoms with Crippen LogP contribution in [-0.2, 0) is 17.3 Å². The number of amides is 1. The molecular formula is C25H21F3N2O2S. The minimum Gasteiger partial charge on any atom is -0.383 e. The van der Waals surface area contributed by atoms with E-state index in [0.29, 0.717) is 30.8 Å². The summed E-state index contributed by atoms with van der Waals surface area (Å²) in [6.07, 6.45) is -2.89. The van der Waals surface area contributed by atoms with Gasteiger partial charge in [-0.05, 0) is 46.8 Å². The summed E-state index contributed by atoms with van der Waals surface area (Å²) in [4.78, 5) is 17.4. The number of hydrogen-bond acceptors (Lipinski definition) is 4. The van der Waals surface area contributed by atoms with Gasteiger partial charge in [-0.15, -0.1) is 11.3 Å². The lowest BCUT2D eigenvalue weighted by molar-refractivity contribution is -0.137. The molecule has 0 radical (unpaired) electrons. The van der Waals surface area contributed by atoms with Crippen molar-refractivity contribution in [1.82, 2.24) is 10.3 Å². The molecular weight excluding hydrogens is 449 g/mol. The first kappa shape index (κ1) is 22.9. The van der Waals surface area contributed by atoms with Crippen molar-refractivity contribution >= 4 is 27.3 Å². The number of thiophene rings is 1. The van der Waals surface area contributed by atoms with Crippen molar-refractivity contribution < 1.29 is 22.7 Å². The summed E-state index contributed by atoms with van der Waals surface area (Å²) in [5.41, 5.74) is 2.07. The Bertz CT molecular complexity index is 1280. The van der Waals surface area contributed by atoms with E-state index in [-0.39, 0.29) is 5.91 Å². The summed E-state index contributed by atoms with van der Waals surface area (Å²) in [5.74, 6) is -0.177. The fraction of sp³-hybridized carbons (Fsp3) is 0.200. The maximum Gasteiger partial charge on any atom is 0.416 e. The van der Waals surface area contributed by atoms with Crippen LogP contribution in [0, 0.1) is 0 Å². The predicted molar refractivity (Wildman–Crippen MR) is 124 cm³/mol. The Kier molecular flexibility index (Phi) is 6.76. The topological polar surface area (TPSA) is 51.2 Å². The third-order valence-corrected chi connectivity index (χ3v) is 6.31. The van der Waals surface area contributed by atoms with E-state index in [4.69, 9.17) is 4.74 Å². The summed E-state index contributed by atoms with van der Waals surface area (Å²) >= 11 is 1.52. The van der Waals surface area contributed by atoms with Gasteiger partial charge in [0.05, 0.1) is 12.2 Å². The quantitative estimate of drug-likeness (QED) is 0.340. The van der Waals surface area contributed by atoms with E-state index in [1.54, 1.807) is 13.2 Å². The second-order valence-electron chi connectivity index (χ2n) is 7.48. The van der Waals surface area contributed by atoms with E-state index in [9.17, 15) is 18.0 Å². The van der Waals surface area contributed by atoms with Crippen molar-refractivity contribution in [2.45, 2.75) is 12.6 Å². The van der Waals surface area contributed by atoms with Crippen molar-refractivity contribution in [3.05, 3.63) is 88.6 Å². The Hall–Kier alpha value is -3.23. The smallest absolute Gasteiger partial charge is 0.383 e. The van der Waals surface area contributed by atoms with E-state index >= 15 is 0 Å². The van der Waals surface area contributed by atoms with Gasteiger partial charge in [0.1, 0.15) is 0 Å². The summed E-state index contributed by atoms with van der Waals surface area (Å²) in [6.45, 7) is 0.858. The molecule has 0 saturated carbocycles. The molecule has 1 amide bonds. The molecule has 0 aliphatic heterocycles. The third kappa shape index (κ3) is 5.40. The van der Waals surface area contributed by atoms with Crippen LogP contribution in [-0.4, -0.2) is 31.2 Å². The maximum atomic E-state index is 13.0. The standard InChI is InChI=1S/C25H21F3N2O2S/c1-32-11-10-30-24(31)18-6-2-4-16(12-18)22-7-3-5-17-13-21(33-23(17)22)15-20-14-19(8-9-29-20)25(26,27)28/h2-9,12-14H,10-11,15H2,1H3,(H,30,31). The van der Waals surface area contributed by atoms with Gasteiger partial charge in [-0.1, -0.05) is 30.3 Å². The van der Waals surface area contributed by atoms with E-state index in [0.717, 1.165) is 38.2 Å². The Labute approximate surface area is 193 Å². The fourth-order valence-electron chi connectivity index (χ4n) is 3.56. The first-order valence-electron chi connectivity index (χ1n) is 10.3. The lowest BCUT2D eigenvalue weighted by atomic mass is 10.0. The molecule has 0 aliphatic rings. The van der Waals surface area contributed by atoms with Crippen molar-refractivity contribution in [2.75, 3.05) is 20.3 Å². The molecule has 170 valence electrons. The van der Waals surface area contributed by atoms with Gasteiger partial charge in [-0.2, -0.15) is 13.2 Å². The van der Waals surface area contributed by atoms with Crippen LogP contribution in [0.1, 0.15) is 26.5 Å². The molecule has 0 bridgehead atoms. The molecule has 0 fully saturated rings. The molecule has 4 rings (SSSR count). The normalized spacial score (nSPS) is 11.6. The number of alkyl halides is 3. The third-order valence-electron chi connectivity index (χ3n) is 5.12. The van der Waals surface area contributed by atoms with Gasteiger partial charge in [0.25, 0.3) is 5.91 Å². The molecule has 0 spiro atoms. The number of carbonyl (C=O) groups is 1. The Balaban J connectivity index is 1.63. The number of methoxy groups -OCH3 is 1. The van der Waals surface area contributed by atoms with Gasteiger partial charge in [0.15, 0.2) is 0 Å². The first-order chi connectivity index (χ1) is 15.8. The highest BCUT2D eigenvalue weighted by Crippen LogP contribution is 2.36. The average Bonchev–Trinajstić information content (AvgIpc) is 3.21. The number of benzene rings is 2. The van der Waals surface area contributed by atoms with Gasteiger partial charge in [0.2, 0.25) is 0 Å². The zero-order chi connectivity index (χ0) is 23.4. The number of pyridine rings is 1. The highest BCUT2D eigenvalue weighted by molar-refractivity contribution is 7.19. The zero-order valence-corrected chi connectivity index (χ0v) is 18.6. The van der Waals surface area contributed by atoms with E-state index < -0.39 is 11.7 Å². The Morgan fingerprint density at radius 1 is 1.09 bits per heavy atom. The van der Waals surface area contributed by atoms with Crippen molar-refractivity contribution in [3.63, 3.8) is 0 Å². The highest BCUT2D eigenvalue weighted by atomic mass is 32.1. The monoisotopic (exact) mass is 470 g/mol. The molecule has 0 saturated heterocycles. The summed E-state index contributed by atoms with van der Waals surface area (Å²) in [6, 6.07) is 17.3. The molecule has 4 nitrogen and oxygen atoms in total. The first-order valence-corrected chi connectivity index (χ1v) is 11.1. The van der Waals surface area contributed by atoms with Gasteiger partial charge >= 0.3 is 6.18 Å². The molecule has 2 heterocycles. The second kappa shape index (κ2) is 9.72. The predicted octanol–water partition coefficient (Wildman–Crippen LogP) is 5.95. The highest BCUT2D eigenvalue weighted by Gasteiger charge is 2.30. The van der Waals surface area contributed by atoms with Crippen LogP contribution in [0.4, 0.5) is 13.2 Å². The molecule has 2 aromatic heterocycles. The molecule has 0 atom stereocenters. The van der Waals surface area contributed by atoms with E-state index in [1.165, 1.54) is 17.5 Å². The van der Waals surface area contributed by atoms with Gasteiger partial charge < -0.3 is 10.1 Å². The number of aromatic nitrogens is 1. The molecule has 4 aromatic rings. The molecule has 2 aromatic carbocycles. The number of carbonyl (C=O) groups excluding carboxylic acids is 1. The van der Waals surface area contributed by atoms with Crippen LogP contribution >= 0.6 is 11.3 Å². The maximum absolute atomic E-state index is 13.0. The largest absolute Gasteiger partial charge is 0.416 e. The van der Waals surface area contributed by atoms with E-state index in [2.05, 4.69) is 10.3 Å². The van der Waals surface area contributed by atoms with Crippen LogP contribution in [0.25, 0.3) is 21.2 Å². The van der Waals surface area contributed by atoms with Gasteiger partial charge in [-0.25, -0.2) is 0 Å². The molecule has 33 heavy (non-hydrogen) atoms. The molecule has 0 unspecified atom stereocenters. The van der Waals surface area contributed by atoms with Crippen LogP contribution in [0.3, 0.4) is 0 Å². The lowest BCUT2D eigenvalue weighted by Crippen LogP contribution is -2.26. The number of fused-ring (bicyclic) bond motifs is 1. The van der Waals surface area contributed by atoms with Crippen molar-refractivity contribution in [2.24, 2.45) is 0 Å². The number of halogens is 3. The number of hydrogen-bond donors (Lipinski definition) is 1. The Morgan fingerprint density at radius 3 is 2.70 bits per heavy atom. The SMILES string of the molecule is COCCNC(=O)c1cccc(-c2cccc3cc(Cc4cc(C(F)(F)F)ccn4)sc23)c1. The van der Waals surface area contributed by atoms with Crippen LogP contribution in [0.2, 0.25) is 0 Å². The van der Waals surface area contributed by atoms with Crippen molar-refractivity contribution in [3.8, 4) is 11.1 Å². The summed E-state index contributed by atoms with van der Waals surface area (Å²) in [5, 5.41) is 3.81. The fourth-order valence-corrected chi connectivity index (χ4v) is 4.77. The summed E-state index contributed by atoms with van der Waals surface area (Å²) in [7, 11) is 1.58. The molecule has 1 N–H and O–H groups in total. The Morgan fingerprint density at radius 2 is 1.91 bits per heavy atom. The molecule has 0 aliphatic carbocycles. The van der Waals surface area contributed by atoms with Gasteiger partial charge in [-0.3, -0.25) is 9.78 Å². The van der Waals surface area contributed by atoms with Gasteiger partial charge in [0, 0.05) is 47.1 Å².